The minimum Gasteiger partial charge on any atom is -0.495 e. The summed E-state index contributed by atoms with van der Waals surface area (Å²) in [5.41, 5.74) is 1.52. The van der Waals surface area contributed by atoms with Crippen LogP contribution in [0.25, 0.3) is 0 Å². The summed E-state index contributed by atoms with van der Waals surface area (Å²) in [5, 5.41) is 3.15. The van der Waals surface area contributed by atoms with E-state index >= 15 is 0 Å². The van der Waals surface area contributed by atoms with E-state index in [-0.39, 0.29) is 12.5 Å². The zero-order valence-corrected chi connectivity index (χ0v) is 14.6. The van der Waals surface area contributed by atoms with E-state index in [1.54, 1.807) is 12.1 Å². The molecule has 0 aromatic heterocycles. The first kappa shape index (κ1) is 17.9. The quantitative estimate of drug-likeness (QED) is 0.822. The maximum Gasteiger partial charge on any atom is 0.262 e. The second-order valence-electron chi connectivity index (χ2n) is 4.99. The molecule has 0 bridgehead atoms. The summed E-state index contributed by atoms with van der Waals surface area (Å²) in [5.74, 6) is 1.30. The smallest absolute Gasteiger partial charge is 0.262 e. The summed E-state index contributed by atoms with van der Waals surface area (Å²) in [6.45, 7) is 1.93. The average molecular weight is 350 g/mol. The molecular weight excluding hydrogens is 330 g/mol. The van der Waals surface area contributed by atoms with Crippen molar-refractivity contribution < 1.29 is 19.0 Å². The van der Waals surface area contributed by atoms with Crippen LogP contribution in [0.3, 0.4) is 0 Å². The van der Waals surface area contributed by atoms with Crippen molar-refractivity contribution in [1.82, 2.24) is 0 Å². The number of rotatable bonds is 7. The van der Waals surface area contributed by atoms with Gasteiger partial charge in [0.25, 0.3) is 5.91 Å². The summed E-state index contributed by atoms with van der Waals surface area (Å²) in [6.07, 6.45) is 0.833. The molecule has 0 saturated heterocycles. The number of carbonyl (C=O) groups excluding carboxylic acids is 1. The fourth-order valence-electron chi connectivity index (χ4n) is 2.22. The van der Waals surface area contributed by atoms with Crippen molar-refractivity contribution in [3.8, 4) is 17.2 Å². The summed E-state index contributed by atoms with van der Waals surface area (Å²) < 4.78 is 16.0. The Morgan fingerprint density at radius 1 is 1.08 bits per heavy atom. The monoisotopic (exact) mass is 349 g/mol. The van der Waals surface area contributed by atoms with Crippen LogP contribution < -0.4 is 19.5 Å². The van der Waals surface area contributed by atoms with Crippen LogP contribution in [0.1, 0.15) is 12.5 Å². The predicted molar refractivity (Wildman–Crippen MR) is 94.5 cm³/mol. The predicted octanol–water partition coefficient (Wildman–Crippen LogP) is 3.94. The van der Waals surface area contributed by atoms with Gasteiger partial charge in [-0.15, -0.1) is 0 Å². The van der Waals surface area contributed by atoms with Crippen molar-refractivity contribution in [2.75, 3.05) is 26.1 Å². The molecule has 24 heavy (non-hydrogen) atoms. The molecule has 0 saturated carbocycles. The molecule has 5 nitrogen and oxygen atoms in total. The van der Waals surface area contributed by atoms with Crippen LogP contribution in [0.5, 0.6) is 17.2 Å². The van der Waals surface area contributed by atoms with Crippen molar-refractivity contribution in [1.29, 1.82) is 0 Å². The summed E-state index contributed by atoms with van der Waals surface area (Å²) >= 11 is 6.05. The highest BCUT2D eigenvalue weighted by molar-refractivity contribution is 6.32. The standard InChI is InChI=1S/C18H20ClNO4/c1-4-12-7-5-6-8-15(12)24-11-18(21)20-14-10-16(22-2)13(19)9-17(14)23-3/h5-10H,4,11H2,1-3H3,(H,20,21). The number of anilines is 1. The Hall–Kier alpha value is -2.40. The van der Waals surface area contributed by atoms with E-state index in [0.29, 0.717) is 28.0 Å². The molecule has 0 aliphatic heterocycles. The van der Waals surface area contributed by atoms with E-state index in [2.05, 4.69) is 5.32 Å². The van der Waals surface area contributed by atoms with E-state index in [1.807, 2.05) is 31.2 Å². The maximum absolute atomic E-state index is 12.2. The Bertz CT molecular complexity index is 718. The normalized spacial score (nSPS) is 10.2. The SMILES string of the molecule is CCc1ccccc1OCC(=O)Nc1cc(OC)c(Cl)cc1OC. The van der Waals surface area contributed by atoms with Gasteiger partial charge in [0, 0.05) is 12.1 Å². The summed E-state index contributed by atoms with van der Waals surface area (Å²) in [4.78, 5) is 12.2. The molecular formula is C18H20ClNO4. The van der Waals surface area contributed by atoms with Gasteiger partial charge in [-0.3, -0.25) is 4.79 Å². The first-order chi connectivity index (χ1) is 11.6. The fraction of sp³-hybridized carbons (Fsp3) is 0.278. The van der Waals surface area contributed by atoms with Crippen LogP contribution in [-0.2, 0) is 11.2 Å². The van der Waals surface area contributed by atoms with Crippen molar-refractivity contribution in [2.45, 2.75) is 13.3 Å². The van der Waals surface area contributed by atoms with Gasteiger partial charge in [0.2, 0.25) is 0 Å². The second-order valence-corrected chi connectivity index (χ2v) is 5.39. The van der Waals surface area contributed by atoms with Crippen LogP contribution in [0.15, 0.2) is 36.4 Å². The minimum atomic E-state index is -0.302. The molecule has 0 spiro atoms. The number of carbonyl (C=O) groups is 1. The highest BCUT2D eigenvalue weighted by atomic mass is 35.5. The molecule has 2 aromatic rings. The van der Waals surface area contributed by atoms with Crippen LogP contribution in [0.2, 0.25) is 5.02 Å². The van der Waals surface area contributed by atoms with Crippen LogP contribution in [0, 0.1) is 0 Å². The molecule has 2 aromatic carbocycles. The van der Waals surface area contributed by atoms with Gasteiger partial charge in [0.05, 0.1) is 24.9 Å². The number of nitrogens with one attached hydrogen (secondary N) is 1. The molecule has 6 heteroatoms. The highest BCUT2D eigenvalue weighted by Crippen LogP contribution is 2.35. The molecule has 0 atom stereocenters. The third-order valence-corrected chi connectivity index (χ3v) is 3.76. The topological polar surface area (TPSA) is 56.8 Å². The summed E-state index contributed by atoms with van der Waals surface area (Å²) in [6, 6.07) is 10.8. The van der Waals surface area contributed by atoms with Crippen molar-refractivity contribution in [3.05, 3.63) is 47.0 Å². The highest BCUT2D eigenvalue weighted by Gasteiger charge is 2.13. The van der Waals surface area contributed by atoms with Crippen LogP contribution in [-0.4, -0.2) is 26.7 Å². The number of benzene rings is 2. The molecule has 0 radical (unpaired) electrons. The average Bonchev–Trinajstić information content (AvgIpc) is 2.61. The number of methoxy groups -OCH3 is 2. The Balaban J connectivity index is 2.07. The Morgan fingerprint density at radius 2 is 1.79 bits per heavy atom. The molecule has 0 fully saturated rings. The van der Waals surface area contributed by atoms with Gasteiger partial charge >= 0.3 is 0 Å². The summed E-state index contributed by atoms with van der Waals surface area (Å²) in [7, 11) is 3.01. The number of para-hydroxylation sites is 1. The van der Waals surface area contributed by atoms with Crippen molar-refractivity contribution in [3.63, 3.8) is 0 Å². The van der Waals surface area contributed by atoms with Gasteiger partial charge in [-0.2, -0.15) is 0 Å². The number of hydrogen-bond donors (Lipinski definition) is 1. The van der Waals surface area contributed by atoms with Gasteiger partial charge in [0.1, 0.15) is 17.2 Å². The lowest BCUT2D eigenvalue weighted by molar-refractivity contribution is -0.118. The molecule has 0 aliphatic carbocycles. The third-order valence-electron chi connectivity index (χ3n) is 3.46. The molecule has 0 unspecified atom stereocenters. The Labute approximate surface area is 146 Å². The number of amides is 1. The zero-order valence-electron chi connectivity index (χ0n) is 13.9. The van der Waals surface area contributed by atoms with Gasteiger partial charge < -0.3 is 19.5 Å². The van der Waals surface area contributed by atoms with Crippen molar-refractivity contribution in [2.24, 2.45) is 0 Å². The van der Waals surface area contributed by atoms with Gasteiger partial charge in [0.15, 0.2) is 6.61 Å². The first-order valence-electron chi connectivity index (χ1n) is 7.51. The first-order valence-corrected chi connectivity index (χ1v) is 7.88. The largest absolute Gasteiger partial charge is 0.495 e. The van der Waals surface area contributed by atoms with Crippen LogP contribution in [0.4, 0.5) is 5.69 Å². The fourth-order valence-corrected chi connectivity index (χ4v) is 2.46. The van der Waals surface area contributed by atoms with Gasteiger partial charge in [-0.1, -0.05) is 36.7 Å². The zero-order chi connectivity index (χ0) is 17.5. The van der Waals surface area contributed by atoms with E-state index < -0.39 is 0 Å². The second kappa shape index (κ2) is 8.45. The lowest BCUT2D eigenvalue weighted by atomic mass is 10.1. The number of ether oxygens (including phenoxy) is 3. The van der Waals surface area contributed by atoms with E-state index in [9.17, 15) is 4.79 Å². The molecule has 128 valence electrons. The molecule has 1 amide bonds. The van der Waals surface area contributed by atoms with Crippen LogP contribution >= 0.6 is 11.6 Å². The molecule has 0 heterocycles. The van der Waals surface area contributed by atoms with Crippen molar-refractivity contribution >= 4 is 23.2 Å². The number of halogens is 1. The molecule has 0 aliphatic rings. The van der Waals surface area contributed by atoms with E-state index in [4.69, 9.17) is 25.8 Å². The lowest BCUT2D eigenvalue weighted by Crippen LogP contribution is -2.21. The minimum absolute atomic E-state index is 0.106. The number of aryl methyl sites for hydroxylation is 1. The third kappa shape index (κ3) is 4.32. The van der Waals surface area contributed by atoms with E-state index in [0.717, 1.165) is 12.0 Å². The molecule has 1 N–H and O–H groups in total. The van der Waals surface area contributed by atoms with E-state index in [1.165, 1.54) is 14.2 Å². The van der Waals surface area contributed by atoms with Gasteiger partial charge in [-0.25, -0.2) is 0 Å². The number of hydrogen-bond acceptors (Lipinski definition) is 4. The molecule has 2 rings (SSSR count). The lowest BCUT2D eigenvalue weighted by Gasteiger charge is -2.14. The van der Waals surface area contributed by atoms with Gasteiger partial charge in [-0.05, 0) is 18.1 Å². The Kier molecular flexibility index (Phi) is 6.32. The Morgan fingerprint density at radius 3 is 2.46 bits per heavy atom. The maximum atomic E-state index is 12.2.